The van der Waals surface area contributed by atoms with Crippen LogP contribution in [0.1, 0.15) is 12.8 Å². The second kappa shape index (κ2) is 9.66. The number of nitrogens with one attached hydrogen (secondary N) is 1. The van der Waals surface area contributed by atoms with Gasteiger partial charge in [-0.25, -0.2) is 4.79 Å². The van der Waals surface area contributed by atoms with Crippen molar-refractivity contribution in [1.82, 2.24) is 24.8 Å². The van der Waals surface area contributed by atoms with Gasteiger partial charge in [0.05, 0.1) is 11.1 Å². The maximum absolute atomic E-state index is 10.8. The van der Waals surface area contributed by atoms with Gasteiger partial charge in [-0.05, 0) is 29.8 Å². The molecule has 0 bridgehead atoms. The zero-order valence-electron chi connectivity index (χ0n) is 18.9. The first-order valence-electron chi connectivity index (χ1n) is 10.9. The van der Waals surface area contributed by atoms with E-state index in [1.54, 1.807) is 6.20 Å². The molecule has 3 aromatic rings. The van der Waals surface area contributed by atoms with Crippen LogP contribution in [0.4, 0.5) is 4.79 Å². The van der Waals surface area contributed by atoms with Crippen molar-refractivity contribution in [2.24, 2.45) is 0 Å². The van der Waals surface area contributed by atoms with E-state index in [2.05, 4.69) is 39.9 Å². The lowest BCUT2D eigenvalue weighted by Gasteiger charge is -2.34. The highest BCUT2D eigenvalue weighted by Gasteiger charge is 2.33. The molecule has 11 heteroatoms. The van der Waals surface area contributed by atoms with E-state index in [-0.39, 0.29) is 17.4 Å². The van der Waals surface area contributed by atoms with E-state index in [0.717, 1.165) is 17.3 Å². The molecule has 1 aliphatic carbocycles. The zero-order valence-corrected chi connectivity index (χ0v) is 20.7. The minimum absolute atomic E-state index is 0.0751. The Bertz CT molecular complexity index is 1130. The van der Waals surface area contributed by atoms with Crippen LogP contribution in [0, 0.1) is 0 Å². The highest BCUT2D eigenvalue weighted by molar-refractivity contribution is 6.76. The topological polar surface area (TPSA) is 111 Å². The summed E-state index contributed by atoms with van der Waals surface area (Å²) in [5.74, 6) is 0.366. The van der Waals surface area contributed by atoms with Crippen LogP contribution in [0.15, 0.2) is 30.6 Å². The van der Waals surface area contributed by atoms with Crippen molar-refractivity contribution in [3.05, 3.63) is 35.9 Å². The summed E-state index contributed by atoms with van der Waals surface area (Å²) in [6.45, 7) is 7.95. The summed E-state index contributed by atoms with van der Waals surface area (Å²) in [4.78, 5) is 24.2. The van der Waals surface area contributed by atoms with Crippen LogP contribution in [0.5, 0.6) is 5.88 Å². The normalized spacial score (nSPS) is 18.2. The molecule has 0 aliphatic heterocycles. The van der Waals surface area contributed by atoms with Gasteiger partial charge >= 0.3 is 6.09 Å². The molecule has 1 amide bonds. The number of hydrogen-bond donors (Lipinski definition) is 2. The number of rotatable bonds is 9. The molecular weight excluding hydrogens is 462 g/mol. The number of ether oxygens (including phenoxy) is 2. The average Bonchev–Trinajstić information content (AvgIpc) is 3.08. The van der Waals surface area contributed by atoms with Gasteiger partial charge in [-0.2, -0.15) is 9.97 Å². The van der Waals surface area contributed by atoms with Crippen molar-refractivity contribution >= 4 is 36.8 Å². The molecule has 0 aromatic carbocycles. The van der Waals surface area contributed by atoms with E-state index < -0.39 is 14.2 Å². The number of aromatic nitrogens is 4. The van der Waals surface area contributed by atoms with Gasteiger partial charge < -0.3 is 24.5 Å². The highest BCUT2D eigenvalue weighted by Crippen LogP contribution is 2.37. The number of halogens is 1. The molecule has 3 heterocycles. The molecule has 1 saturated carbocycles. The van der Waals surface area contributed by atoms with Gasteiger partial charge in [-0.3, -0.25) is 4.98 Å². The van der Waals surface area contributed by atoms with Gasteiger partial charge in [0.2, 0.25) is 11.2 Å². The molecule has 0 radical (unpaired) electrons. The predicted molar refractivity (Wildman–Crippen MR) is 128 cm³/mol. The standard InChI is InChI=1S/C22H28ClN5O4Si/c1-33(2,3)9-8-31-13-28-12-16(17-6-4-5-7-24-17)18-19(28)26-21(23)27-20(18)32-15-10-14(11-15)25-22(29)30/h4-7,12,14-15,25H,8-11,13H2,1-3H3,(H,29,30). The van der Waals surface area contributed by atoms with Crippen LogP contribution in [0.25, 0.3) is 22.3 Å². The largest absolute Gasteiger partial charge is 0.474 e. The smallest absolute Gasteiger partial charge is 0.404 e. The quantitative estimate of drug-likeness (QED) is 0.256. The highest BCUT2D eigenvalue weighted by atomic mass is 35.5. The molecule has 3 aromatic heterocycles. The van der Waals surface area contributed by atoms with Crippen LogP contribution in [0.3, 0.4) is 0 Å². The Hall–Kier alpha value is -2.69. The van der Waals surface area contributed by atoms with Gasteiger partial charge in [0.15, 0.2) is 5.65 Å². The Morgan fingerprint density at radius 2 is 2.09 bits per heavy atom. The van der Waals surface area contributed by atoms with E-state index in [1.807, 2.05) is 29.0 Å². The van der Waals surface area contributed by atoms with Crippen LogP contribution in [-0.4, -0.2) is 57.5 Å². The van der Waals surface area contributed by atoms with Gasteiger partial charge in [0.25, 0.3) is 0 Å². The van der Waals surface area contributed by atoms with Crippen molar-refractivity contribution < 1.29 is 19.4 Å². The molecule has 1 aliphatic rings. The maximum atomic E-state index is 10.8. The molecular formula is C22H28ClN5O4Si. The summed E-state index contributed by atoms with van der Waals surface area (Å²) >= 11 is 6.26. The average molecular weight is 490 g/mol. The lowest BCUT2D eigenvalue weighted by atomic mass is 9.89. The summed E-state index contributed by atoms with van der Waals surface area (Å²) in [6, 6.07) is 6.63. The lowest BCUT2D eigenvalue weighted by molar-refractivity contribution is 0.0806. The predicted octanol–water partition coefficient (Wildman–Crippen LogP) is 4.64. The molecule has 0 unspecified atom stereocenters. The Morgan fingerprint density at radius 3 is 2.76 bits per heavy atom. The lowest BCUT2D eigenvalue weighted by Crippen LogP contribution is -2.48. The molecule has 176 valence electrons. The summed E-state index contributed by atoms with van der Waals surface area (Å²) < 4.78 is 14.0. The monoisotopic (exact) mass is 489 g/mol. The molecule has 4 rings (SSSR count). The van der Waals surface area contributed by atoms with Crippen LogP contribution in [0.2, 0.25) is 31.0 Å². The number of amides is 1. The first kappa shape index (κ1) is 23.5. The minimum atomic E-state index is -1.20. The second-order valence-electron chi connectivity index (χ2n) is 9.43. The molecule has 0 atom stereocenters. The van der Waals surface area contributed by atoms with E-state index >= 15 is 0 Å². The van der Waals surface area contributed by atoms with Crippen LogP contribution in [-0.2, 0) is 11.5 Å². The molecule has 0 spiro atoms. The SMILES string of the molecule is C[Si](C)(C)CCOCn1cc(-c2ccccn2)c2c(OC3CC(NC(=O)O)C3)nc(Cl)nc21. The molecule has 0 saturated heterocycles. The Balaban J connectivity index is 1.63. The zero-order chi connectivity index (χ0) is 23.6. The fourth-order valence-electron chi connectivity index (χ4n) is 3.68. The summed E-state index contributed by atoms with van der Waals surface area (Å²) in [7, 11) is -1.20. The molecule has 9 nitrogen and oxygen atoms in total. The maximum Gasteiger partial charge on any atom is 0.404 e. The molecule has 2 N–H and O–H groups in total. The van der Waals surface area contributed by atoms with Gasteiger partial charge in [0, 0.05) is 51.5 Å². The van der Waals surface area contributed by atoms with Crippen LogP contribution >= 0.6 is 11.6 Å². The third-order valence-corrected chi connectivity index (χ3v) is 7.40. The van der Waals surface area contributed by atoms with Crippen molar-refractivity contribution in [3.63, 3.8) is 0 Å². The Kier molecular flexibility index (Phi) is 6.87. The number of fused-ring (bicyclic) bond motifs is 1. The van der Waals surface area contributed by atoms with Crippen molar-refractivity contribution in [1.29, 1.82) is 0 Å². The fourth-order valence-corrected chi connectivity index (χ4v) is 4.60. The summed E-state index contributed by atoms with van der Waals surface area (Å²) in [6.07, 6.45) is 3.60. The van der Waals surface area contributed by atoms with Gasteiger partial charge in [-0.15, -0.1) is 0 Å². The number of nitrogens with zero attached hydrogens (tertiary/aromatic N) is 4. The van der Waals surface area contributed by atoms with E-state index in [0.29, 0.717) is 43.1 Å². The van der Waals surface area contributed by atoms with Crippen molar-refractivity contribution in [3.8, 4) is 17.1 Å². The number of carboxylic acid groups (broad SMARTS) is 1. The minimum Gasteiger partial charge on any atom is -0.474 e. The fraction of sp³-hybridized carbons (Fsp3) is 0.455. The second-order valence-corrected chi connectivity index (χ2v) is 15.4. The van der Waals surface area contributed by atoms with Crippen molar-refractivity contribution in [2.75, 3.05) is 6.61 Å². The summed E-state index contributed by atoms with van der Waals surface area (Å²) in [5, 5.41) is 12.2. The van der Waals surface area contributed by atoms with Gasteiger partial charge in [0.1, 0.15) is 12.8 Å². The summed E-state index contributed by atoms with van der Waals surface area (Å²) in [5.41, 5.74) is 2.20. The van der Waals surface area contributed by atoms with E-state index in [4.69, 9.17) is 26.2 Å². The Labute approximate surface area is 198 Å². The first-order chi connectivity index (χ1) is 15.7. The number of hydrogen-bond acceptors (Lipinski definition) is 6. The van der Waals surface area contributed by atoms with Gasteiger partial charge in [-0.1, -0.05) is 25.7 Å². The Morgan fingerprint density at radius 1 is 1.30 bits per heavy atom. The number of carbonyl (C=O) groups is 1. The number of pyridine rings is 1. The molecule has 1 fully saturated rings. The first-order valence-corrected chi connectivity index (χ1v) is 15.0. The van der Waals surface area contributed by atoms with E-state index in [9.17, 15) is 4.79 Å². The molecule has 33 heavy (non-hydrogen) atoms. The third kappa shape index (κ3) is 5.81. The van der Waals surface area contributed by atoms with E-state index in [1.165, 1.54) is 0 Å². The third-order valence-electron chi connectivity index (χ3n) is 5.52. The van der Waals surface area contributed by atoms with Crippen LogP contribution < -0.4 is 10.1 Å². The van der Waals surface area contributed by atoms with Crippen molar-refractivity contribution in [2.45, 2.75) is 57.4 Å².